The van der Waals surface area contributed by atoms with E-state index in [0.717, 1.165) is 0 Å². The maximum absolute atomic E-state index is 12.1. The zero-order chi connectivity index (χ0) is 15.4. The van der Waals surface area contributed by atoms with Gasteiger partial charge in [0.1, 0.15) is 0 Å². The predicted molar refractivity (Wildman–Crippen MR) is 79.2 cm³/mol. The standard InChI is InChI=1S/C15H22N2O3/c1-9(2)11(4)17(5)15(20)16-12-6-7-13(14(18)19)10(3)8-12/h6-9,11H,1-5H3,(H,16,20)(H,18,19). The van der Waals surface area contributed by atoms with E-state index in [1.165, 1.54) is 6.07 Å². The largest absolute Gasteiger partial charge is 0.478 e. The van der Waals surface area contributed by atoms with Gasteiger partial charge in [-0.25, -0.2) is 9.59 Å². The third-order valence-electron chi connectivity index (χ3n) is 3.60. The maximum atomic E-state index is 12.1. The van der Waals surface area contributed by atoms with E-state index in [1.807, 2.05) is 6.92 Å². The van der Waals surface area contributed by atoms with E-state index >= 15 is 0 Å². The van der Waals surface area contributed by atoms with Crippen LogP contribution in [0.15, 0.2) is 18.2 Å². The van der Waals surface area contributed by atoms with Crippen LogP contribution in [0.1, 0.15) is 36.7 Å². The minimum atomic E-state index is -0.967. The summed E-state index contributed by atoms with van der Waals surface area (Å²) in [6, 6.07) is 4.68. The summed E-state index contributed by atoms with van der Waals surface area (Å²) in [6.45, 7) is 7.81. The van der Waals surface area contributed by atoms with Gasteiger partial charge in [-0.3, -0.25) is 0 Å². The summed E-state index contributed by atoms with van der Waals surface area (Å²) in [5, 5.41) is 11.7. The molecule has 0 radical (unpaired) electrons. The number of aromatic carboxylic acids is 1. The molecule has 1 aromatic carbocycles. The molecule has 1 atom stereocenters. The summed E-state index contributed by atoms with van der Waals surface area (Å²) in [4.78, 5) is 24.7. The van der Waals surface area contributed by atoms with E-state index in [9.17, 15) is 9.59 Å². The van der Waals surface area contributed by atoms with Crippen molar-refractivity contribution in [3.63, 3.8) is 0 Å². The summed E-state index contributed by atoms with van der Waals surface area (Å²) in [5.74, 6) is -0.604. The minimum Gasteiger partial charge on any atom is -0.478 e. The molecule has 0 aliphatic heterocycles. The zero-order valence-corrected chi connectivity index (χ0v) is 12.6. The average Bonchev–Trinajstić information content (AvgIpc) is 2.36. The molecule has 0 heterocycles. The summed E-state index contributed by atoms with van der Waals surface area (Å²) in [5.41, 5.74) is 1.46. The van der Waals surface area contributed by atoms with Crippen LogP contribution in [-0.2, 0) is 0 Å². The third-order valence-corrected chi connectivity index (χ3v) is 3.60. The Balaban J connectivity index is 2.81. The number of amides is 2. The topological polar surface area (TPSA) is 69.6 Å². The second-order valence-electron chi connectivity index (χ2n) is 5.36. The number of benzene rings is 1. The molecule has 0 saturated carbocycles. The Morgan fingerprint density at radius 2 is 1.85 bits per heavy atom. The first-order valence-corrected chi connectivity index (χ1v) is 6.61. The molecule has 110 valence electrons. The van der Waals surface area contributed by atoms with Crippen LogP contribution in [0.25, 0.3) is 0 Å². The molecule has 0 fully saturated rings. The molecule has 1 aromatic rings. The van der Waals surface area contributed by atoms with Crippen LogP contribution in [-0.4, -0.2) is 35.1 Å². The Hall–Kier alpha value is -2.04. The van der Waals surface area contributed by atoms with E-state index in [4.69, 9.17) is 5.11 Å². The fraction of sp³-hybridized carbons (Fsp3) is 0.467. The molecular formula is C15H22N2O3. The highest BCUT2D eigenvalue weighted by Crippen LogP contribution is 2.16. The van der Waals surface area contributed by atoms with Crippen molar-refractivity contribution in [1.29, 1.82) is 0 Å². The van der Waals surface area contributed by atoms with E-state index in [2.05, 4.69) is 19.2 Å². The van der Waals surface area contributed by atoms with Crippen molar-refractivity contribution in [1.82, 2.24) is 4.90 Å². The van der Waals surface area contributed by atoms with Gasteiger partial charge in [-0.15, -0.1) is 0 Å². The highest BCUT2D eigenvalue weighted by Gasteiger charge is 2.18. The Morgan fingerprint density at radius 1 is 1.25 bits per heavy atom. The first kappa shape index (κ1) is 16.0. The second kappa shape index (κ2) is 6.41. The van der Waals surface area contributed by atoms with Gasteiger partial charge in [-0.1, -0.05) is 13.8 Å². The van der Waals surface area contributed by atoms with Gasteiger partial charge in [0.05, 0.1) is 5.56 Å². The zero-order valence-electron chi connectivity index (χ0n) is 12.6. The van der Waals surface area contributed by atoms with Gasteiger partial charge in [0, 0.05) is 18.8 Å². The molecule has 2 N–H and O–H groups in total. The van der Waals surface area contributed by atoms with Gasteiger partial charge < -0.3 is 15.3 Å². The fourth-order valence-corrected chi connectivity index (χ4v) is 1.83. The number of urea groups is 1. The molecule has 5 nitrogen and oxygen atoms in total. The summed E-state index contributed by atoms with van der Waals surface area (Å²) >= 11 is 0. The monoisotopic (exact) mass is 278 g/mol. The Kier molecular flexibility index (Phi) is 5.13. The van der Waals surface area contributed by atoms with E-state index < -0.39 is 5.97 Å². The predicted octanol–water partition coefficient (Wildman–Crippen LogP) is 3.20. The Labute approximate surface area is 119 Å². The summed E-state index contributed by atoms with van der Waals surface area (Å²) in [6.07, 6.45) is 0. The second-order valence-corrected chi connectivity index (χ2v) is 5.36. The van der Waals surface area contributed by atoms with Crippen LogP contribution < -0.4 is 5.32 Å². The fourth-order valence-electron chi connectivity index (χ4n) is 1.83. The lowest BCUT2D eigenvalue weighted by Gasteiger charge is -2.28. The van der Waals surface area contributed by atoms with Crippen molar-refractivity contribution >= 4 is 17.7 Å². The molecule has 5 heteroatoms. The average molecular weight is 278 g/mol. The lowest BCUT2D eigenvalue weighted by Crippen LogP contribution is -2.40. The molecule has 1 rings (SSSR count). The van der Waals surface area contributed by atoms with Crippen molar-refractivity contribution < 1.29 is 14.7 Å². The number of carboxylic acids is 1. The van der Waals surface area contributed by atoms with E-state index in [1.54, 1.807) is 31.0 Å². The van der Waals surface area contributed by atoms with Crippen LogP contribution >= 0.6 is 0 Å². The number of carboxylic acid groups (broad SMARTS) is 1. The van der Waals surface area contributed by atoms with Crippen molar-refractivity contribution in [2.45, 2.75) is 33.7 Å². The van der Waals surface area contributed by atoms with E-state index in [-0.39, 0.29) is 17.6 Å². The molecule has 0 aliphatic rings. The van der Waals surface area contributed by atoms with E-state index in [0.29, 0.717) is 17.2 Å². The lowest BCUT2D eigenvalue weighted by atomic mass is 10.1. The number of aryl methyl sites for hydroxylation is 1. The Bertz CT molecular complexity index is 512. The number of nitrogens with one attached hydrogen (secondary N) is 1. The SMILES string of the molecule is Cc1cc(NC(=O)N(C)C(C)C(C)C)ccc1C(=O)O. The molecule has 0 spiro atoms. The van der Waals surface area contributed by atoms with Crippen molar-refractivity contribution in [3.05, 3.63) is 29.3 Å². The molecular weight excluding hydrogens is 256 g/mol. The highest BCUT2D eigenvalue weighted by molar-refractivity contribution is 5.92. The van der Waals surface area contributed by atoms with Crippen LogP contribution in [0.4, 0.5) is 10.5 Å². The van der Waals surface area contributed by atoms with Gasteiger partial charge in [0.2, 0.25) is 0 Å². The van der Waals surface area contributed by atoms with Gasteiger partial charge in [-0.05, 0) is 43.5 Å². The van der Waals surface area contributed by atoms with Crippen LogP contribution in [0, 0.1) is 12.8 Å². The number of carbonyl (C=O) groups excluding carboxylic acids is 1. The van der Waals surface area contributed by atoms with Gasteiger partial charge in [0.25, 0.3) is 0 Å². The van der Waals surface area contributed by atoms with Gasteiger partial charge in [-0.2, -0.15) is 0 Å². The van der Waals surface area contributed by atoms with Crippen LogP contribution in [0.3, 0.4) is 0 Å². The normalized spacial score (nSPS) is 12.1. The molecule has 2 amide bonds. The summed E-state index contributed by atoms with van der Waals surface area (Å²) < 4.78 is 0. The number of nitrogens with zero attached hydrogens (tertiary/aromatic N) is 1. The Morgan fingerprint density at radius 3 is 2.30 bits per heavy atom. The third kappa shape index (κ3) is 3.73. The van der Waals surface area contributed by atoms with Crippen LogP contribution in [0.2, 0.25) is 0 Å². The quantitative estimate of drug-likeness (QED) is 0.888. The molecule has 0 saturated heterocycles. The number of carbonyl (C=O) groups is 2. The molecule has 1 unspecified atom stereocenters. The minimum absolute atomic E-state index is 0.120. The number of rotatable bonds is 4. The summed E-state index contributed by atoms with van der Waals surface area (Å²) in [7, 11) is 1.75. The van der Waals surface area contributed by atoms with Gasteiger partial charge >= 0.3 is 12.0 Å². The van der Waals surface area contributed by atoms with Gasteiger partial charge in [0.15, 0.2) is 0 Å². The maximum Gasteiger partial charge on any atom is 0.335 e. The van der Waals surface area contributed by atoms with Crippen molar-refractivity contribution in [2.75, 3.05) is 12.4 Å². The van der Waals surface area contributed by atoms with Crippen molar-refractivity contribution in [3.8, 4) is 0 Å². The number of hydrogen-bond acceptors (Lipinski definition) is 2. The lowest BCUT2D eigenvalue weighted by molar-refractivity contribution is 0.0696. The number of hydrogen-bond donors (Lipinski definition) is 2. The van der Waals surface area contributed by atoms with Crippen molar-refractivity contribution in [2.24, 2.45) is 5.92 Å². The molecule has 0 aliphatic carbocycles. The first-order chi connectivity index (χ1) is 9.23. The molecule has 0 bridgehead atoms. The van der Waals surface area contributed by atoms with Crippen LogP contribution in [0.5, 0.6) is 0 Å². The number of anilines is 1. The molecule has 20 heavy (non-hydrogen) atoms. The first-order valence-electron chi connectivity index (χ1n) is 6.61. The smallest absolute Gasteiger partial charge is 0.335 e. The molecule has 0 aromatic heterocycles. The highest BCUT2D eigenvalue weighted by atomic mass is 16.4.